The summed E-state index contributed by atoms with van der Waals surface area (Å²) in [6.45, 7) is 2.04. The molecule has 0 aliphatic heterocycles. The maximum atomic E-state index is 11.2. The highest BCUT2D eigenvalue weighted by Gasteiger charge is 2.21. The van der Waals surface area contributed by atoms with Gasteiger partial charge in [0.15, 0.2) is 11.5 Å². The van der Waals surface area contributed by atoms with Gasteiger partial charge in [0, 0.05) is 6.54 Å². The van der Waals surface area contributed by atoms with Gasteiger partial charge >= 0.3 is 10.1 Å². The smallest absolute Gasteiger partial charge is 0.306 e. The van der Waals surface area contributed by atoms with Gasteiger partial charge in [-0.3, -0.25) is 0 Å². The van der Waals surface area contributed by atoms with Crippen LogP contribution in [0.2, 0.25) is 0 Å². The van der Waals surface area contributed by atoms with Crippen molar-refractivity contribution >= 4 is 10.1 Å². The van der Waals surface area contributed by atoms with Crippen molar-refractivity contribution in [2.45, 2.75) is 38.5 Å². The highest BCUT2D eigenvalue weighted by molar-refractivity contribution is 7.86. The van der Waals surface area contributed by atoms with Gasteiger partial charge in [-0.2, -0.15) is 8.42 Å². The zero-order chi connectivity index (χ0) is 23.1. The van der Waals surface area contributed by atoms with E-state index in [1.54, 1.807) is 26.4 Å². The third-order valence-corrected chi connectivity index (χ3v) is 6.64. The van der Waals surface area contributed by atoms with E-state index in [-0.39, 0.29) is 0 Å². The fourth-order valence-electron chi connectivity index (χ4n) is 4.37. The van der Waals surface area contributed by atoms with Crippen LogP contribution in [0.5, 0.6) is 17.2 Å². The Balaban J connectivity index is 1.40. The van der Waals surface area contributed by atoms with Crippen molar-refractivity contribution < 1.29 is 22.1 Å². The average Bonchev–Trinajstić information content (AvgIpc) is 2.76. The van der Waals surface area contributed by atoms with Crippen LogP contribution < -0.4 is 13.7 Å². The predicted molar refractivity (Wildman–Crippen MR) is 127 cm³/mol. The third-order valence-electron chi connectivity index (χ3n) is 6.14. The van der Waals surface area contributed by atoms with Crippen LogP contribution in [0.25, 0.3) is 0 Å². The van der Waals surface area contributed by atoms with Crippen molar-refractivity contribution in [2.24, 2.45) is 5.92 Å². The van der Waals surface area contributed by atoms with Crippen LogP contribution in [-0.4, -0.2) is 53.9 Å². The van der Waals surface area contributed by atoms with Crippen LogP contribution in [0.4, 0.5) is 0 Å². The fraction of sp³-hybridized carbons (Fsp3) is 0.520. The zero-order valence-corrected chi connectivity index (χ0v) is 20.4. The SMILES string of the molecule is COc1cc2c(cc1OC)CC(CCCN(C)CCc1ccc(OS(C)(=O)=O)cc1)CC2. The lowest BCUT2D eigenvalue weighted by Crippen LogP contribution is -2.23. The van der Waals surface area contributed by atoms with Crippen LogP contribution in [0.3, 0.4) is 0 Å². The number of ether oxygens (including phenoxy) is 2. The fourth-order valence-corrected chi connectivity index (χ4v) is 4.83. The summed E-state index contributed by atoms with van der Waals surface area (Å²) in [5.74, 6) is 2.72. The van der Waals surface area contributed by atoms with E-state index in [0.717, 1.165) is 56.0 Å². The summed E-state index contributed by atoms with van der Waals surface area (Å²) in [7, 11) is 2.06. The zero-order valence-electron chi connectivity index (χ0n) is 19.6. The normalized spacial score (nSPS) is 16.0. The summed E-state index contributed by atoms with van der Waals surface area (Å²) in [5, 5.41) is 0. The van der Waals surface area contributed by atoms with E-state index < -0.39 is 10.1 Å². The number of benzene rings is 2. The molecule has 2 aromatic carbocycles. The highest BCUT2D eigenvalue weighted by atomic mass is 32.2. The molecular weight excluding hydrogens is 426 g/mol. The first kappa shape index (κ1) is 24.4. The summed E-state index contributed by atoms with van der Waals surface area (Å²) >= 11 is 0. The molecule has 1 aliphatic rings. The summed E-state index contributed by atoms with van der Waals surface area (Å²) < 4.78 is 38.2. The lowest BCUT2D eigenvalue weighted by Gasteiger charge is -2.26. The van der Waals surface area contributed by atoms with E-state index in [1.807, 2.05) is 12.1 Å². The van der Waals surface area contributed by atoms with Crippen LogP contribution in [-0.2, 0) is 29.4 Å². The van der Waals surface area contributed by atoms with Crippen molar-refractivity contribution in [3.05, 3.63) is 53.1 Å². The summed E-state index contributed by atoms with van der Waals surface area (Å²) in [6.07, 6.45) is 7.84. The van der Waals surface area contributed by atoms with Gasteiger partial charge in [0.25, 0.3) is 0 Å². The molecule has 1 unspecified atom stereocenters. The first-order valence-electron chi connectivity index (χ1n) is 11.2. The molecule has 1 aliphatic carbocycles. The number of hydrogen-bond donors (Lipinski definition) is 0. The maximum absolute atomic E-state index is 11.2. The molecule has 0 radical (unpaired) electrons. The molecule has 3 rings (SSSR count). The second kappa shape index (κ2) is 11.1. The molecule has 0 amide bonds. The Morgan fingerprint density at radius 1 is 1.00 bits per heavy atom. The quantitative estimate of drug-likeness (QED) is 0.470. The van der Waals surface area contributed by atoms with Gasteiger partial charge in [-0.05, 0) is 99.0 Å². The number of nitrogens with zero attached hydrogens (tertiary/aromatic N) is 1. The van der Waals surface area contributed by atoms with Crippen molar-refractivity contribution in [3.8, 4) is 17.2 Å². The summed E-state index contributed by atoms with van der Waals surface area (Å²) in [4.78, 5) is 2.37. The Labute approximate surface area is 192 Å². The Morgan fingerprint density at radius 2 is 1.66 bits per heavy atom. The van der Waals surface area contributed by atoms with Gasteiger partial charge in [-0.15, -0.1) is 0 Å². The van der Waals surface area contributed by atoms with Crippen molar-refractivity contribution in [3.63, 3.8) is 0 Å². The van der Waals surface area contributed by atoms with Gasteiger partial charge < -0.3 is 18.6 Å². The van der Waals surface area contributed by atoms with Gasteiger partial charge in [-0.25, -0.2) is 0 Å². The van der Waals surface area contributed by atoms with E-state index >= 15 is 0 Å². The molecular formula is C25H35NO5S. The number of likely N-dealkylation sites (N-methyl/N-ethyl adjacent to an activating group) is 1. The lowest BCUT2D eigenvalue weighted by molar-refractivity contribution is 0.307. The van der Waals surface area contributed by atoms with Gasteiger partial charge in [0.2, 0.25) is 0 Å². The molecule has 7 heteroatoms. The van der Waals surface area contributed by atoms with Crippen LogP contribution >= 0.6 is 0 Å². The molecule has 0 saturated carbocycles. The largest absolute Gasteiger partial charge is 0.493 e. The molecule has 0 fully saturated rings. The van der Waals surface area contributed by atoms with Crippen LogP contribution in [0.15, 0.2) is 36.4 Å². The predicted octanol–water partition coefficient (Wildman–Crippen LogP) is 4.10. The lowest BCUT2D eigenvalue weighted by atomic mass is 9.81. The third kappa shape index (κ3) is 7.14. The molecule has 2 aromatic rings. The average molecular weight is 462 g/mol. The Hall–Kier alpha value is -2.25. The number of fused-ring (bicyclic) bond motifs is 1. The number of hydrogen-bond acceptors (Lipinski definition) is 6. The van der Waals surface area contributed by atoms with Gasteiger partial charge in [-0.1, -0.05) is 12.1 Å². The van der Waals surface area contributed by atoms with Crippen LogP contribution in [0.1, 0.15) is 36.0 Å². The minimum absolute atomic E-state index is 0.356. The molecule has 0 spiro atoms. The van der Waals surface area contributed by atoms with Gasteiger partial charge in [0.05, 0.1) is 20.5 Å². The van der Waals surface area contributed by atoms with Crippen molar-refractivity contribution in [1.82, 2.24) is 4.90 Å². The van der Waals surface area contributed by atoms with Crippen LogP contribution in [0, 0.1) is 5.92 Å². The minimum atomic E-state index is -3.48. The van der Waals surface area contributed by atoms with E-state index in [2.05, 4.69) is 24.1 Å². The molecule has 0 aromatic heterocycles. The molecule has 1 atom stereocenters. The Kier molecular flexibility index (Phi) is 8.43. The molecule has 0 N–H and O–H groups in total. The Morgan fingerprint density at radius 3 is 2.28 bits per heavy atom. The van der Waals surface area contributed by atoms with E-state index in [4.69, 9.17) is 13.7 Å². The summed E-state index contributed by atoms with van der Waals surface area (Å²) in [6, 6.07) is 11.6. The highest BCUT2D eigenvalue weighted by Crippen LogP contribution is 2.36. The van der Waals surface area contributed by atoms with E-state index in [9.17, 15) is 8.42 Å². The van der Waals surface area contributed by atoms with Crippen molar-refractivity contribution in [1.29, 1.82) is 0 Å². The molecule has 32 heavy (non-hydrogen) atoms. The van der Waals surface area contributed by atoms with Gasteiger partial charge in [0.1, 0.15) is 5.75 Å². The number of aryl methyl sites for hydroxylation is 1. The molecule has 176 valence electrons. The molecule has 6 nitrogen and oxygen atoms in total. The first-order valence-corrected chi connectivity index (χ1v) is 13.0. The van der Waals surface area contributed by atoms with Crippen molar-refractivity contribution in [2.75, 3.05) is 40.6 Å². The monoisotopic (exact) mass is 461 g/mol. The minimum Gasteiger partial charge on any atom is -0.493 e. The Bertz CT molecular complexity index is 988. The van der Waals surface area contributed by atoms with E-state index in [1.165, 1.54) is 36.0 Å². The summed E-state index contributed by atoms with van der Waals surface area (Å²) in [5.41, 5.74) is 3.96. The van der Waals surface area contributed by atoms with E-state index in [0.29, 0.717) is 5.75 Å². The first-order chi connectivity index (χ1) is 15.3. The molecule has 0 bridgehead atoms. The standard InChI is InChI=1S/C25H35NO5S/c1-26(15-13-19-8-11-23(12-9-19)31-32(4,27)28)14-5-6-20-7-10-21-17-24(29-2)25(30-3)18-22(21)16-20/h8-9,11-12,17-18,20H,5-7,10,13-16H2,1-4H3. The second-order valence-corrected chi connectivity index (χ2v) is 10.3. The maximum Gasteiger partial charge on any atom is 0.306 e. The molecule has 0 heterocycles. The number of rotatable bonds is 11. The second-order valence-electron chi connectivity index (χ2n) is 8.71. The number of methoxy groups -OCH3 is 2. The molecule has 0 saturated heterocycles. The topological polar surface area (TPSA) is 65.1 Å².